The Morgan fingerprint density at radius 2 is 0.897 bits per heavy atom. The summed E-state index contributed by atoms with van der Waals surface area (Å²) >= 11 is 0. The van der Waals surface area contributed by atoms with Crippen molar-refractivity contribution in [3.8, 4) is 11.8 Å². The fourth-order valence-corrected chi connectivity index (χ4v) is 9.30. The van der Waals surface area contributed by atoms with Crippen LogP contribution in [0.5, 0.6) is 0 Å². The van der Waals surface area contributed by atoms with Crippen LogP contribution in [0.15, 0.2) is 24.3 Å². The van der Waals surface area contributed by atoms with Gasteiger partial charge in [0.05, 0.1) is 0 Å². The predicted molar refractivity (Wildman–Crippen MR) is 167 cm³/mol. The molecule has 0 aliphatic carbocycles. The number of rotatable bonds is 3. The molecule has 5 heteroatoms. The van der Waals surface area contributed by atoms with Gasteiger partial charge in [-0.1, -0.05) is 0 Å². The third-order valence-corrected chi connectivity index (χ3v) is 10.1. The Balaban J connectivity index is 3.53. The molecule has 0 aliphatic rings. The number of carbonyl (C=O) groups excluding carboxylic acids is 1. The standard InChI is InChI=1S/C34H51O4P/c1-16-17-28(35)38-39(36,37,29-24(31(4,5)6)18-22(2)19-25(29)32(7,8)9)30-26(33(10,11)12)20-23(3)21-27(30)34(13,14)15/h18-21,36-37H,1-15H3. The van der Waals surface area contributed by atoms with Crippen LogP contribution >= 0.6 is 7.28 Å². The third kappa shape index (κ3) is 6.59. The molecule has 2 N–H and O–H groups in total. The van der Waals surface area contributed by atoms with Crippen molar-refractivity contribution in [3.63, 3.8) is 0 Å². The number of hydrogen-bond acceptors (Lipinski definition) is 4. The number of aryl methyl sites for hydroxylation is 2. The molecule has 2 rings (SSSR count). The molecule has 0 spiro atoms. The van der Waals surface area contributed by atoms with Gasteiger partial charge in [0.15, 0.2) is 0 Å². The summed E-state index contributed by atoms with van der Waals surface area (Å²) in [5.41, 5.74) is 3.01. The molecule has 39 heavy (non-hydrogen) atoms. The van der Waals surface area contributed by atoms with Gasteiger partial charge in [0.2, 0.25) is 0 Å². The van der Waals surface area contributed by atoms with E-state index in [0.717, 1.165) is 33.4 Å². The molecular weight excluding hydrogens is 503 g/mol. The van der Waals surface area contributed by atoms with Crippen molar-refractivity contribution in [2.75, 3.05) is 0 Å². The van der Waals surface area contributed by atoms with Crippen LogP contribution < -0.4 is 10.6 Å². The van der Waals surface area contributed by atoms with Gasteiger partial charge in [0, 0.05) is 0 Å². The molecule has 0 heterocycles. The summed E-state index contributed by atoms with van der Waals surface area (Å²) < 4.78 is 6.09. The second-order valence-electron chi connectivity index (χ2n) is 15.1. The number of hydrogen-bond donors (Lipinski definition) is 2. The Kier molecular flexibility index (Phi) is 8.49. The molecule has 0 saturated carbocycles. The van der Waals surface area contributed by atoms with E-state index in [1.54, 1.807) is 0 Å². The molecule has 0 radical (unpaired) electrons. The Bertz CT molecular complexity index is 1190. The number of benzene rings is 2. The van der Waals surface area contributed by atoms with Gasteiger partial charge in [0.1, 0.15) is 0 Å². The van der Waals surface area contributed by atoms with Gasteiger partial charge < -0.3 is 0 Å². The first kappa shape index (κ1) is 33.0. The van der Waals surface area contributed by atoms with Gasteiger partial charge in [0.25, 0.3) is 0 Å². The van der Waals surface area contributed by atoms with Crippen molar-refractivity contribution in [2.24, 2.45) is 0 Å². The molecule has 2 aromatic rings. The molecule has 0 unspecified atom stereocenters. The van der Waals surface area contributed by atoms with Gasteiger partial charge in [-0.05, 0) is 0 Å². The van der Waals surface area contributed by atoms with Crippen LogP contribution in [0.1, 0.15) is 123 Å². The molecule has 0 amide bonds. The summed E-state index contributed by atoms with van der Waals surface area (Å²) in [6.45, 7) is 30.1. The van der Waals surface area contributed by atoms with Crippen LogP contribution in [0.4, 0.5) is 0 Å². The molecule has 0 aliphatic heterocycles. The summed E-state index contributed by atoms with van der Waals surface area (Å²) in [6.07, 6.45) is 0. The van der Waals surface area contributed by atoms with E-state index in [1.165, 1.54) is 6.92 Å². The van der Waals surface area contributed by atoms with E-state index < -0.39 is 34.9 Å². The van der Waals surface area contributed by atoms with Crippen LogP contribution in [-0.2, 0) is 31.0 Å². The van der Waals surface area contributed by atoms with Crippen molar-refractivity contribution >= 4 is 23.9 Å². The zero-order valence-corrected chi connectivity index (χ0v) is 27.9. The summed E-state index contributed by atoms with van der Waals surface area (Å²) in [6, 6.07) is 8.00. The SMILES string of the molecule is CC#CC(=O)OP(O)(O)(c1c(C(C)(C)C)cc(C)cc1C(C)(C)C)c1c(C(C)(C)C)cc(C)cc1C(C)(C)C. The van der Waals surface area contributed by atoms with E-state index in [0.29, 0.717) is 10.6 Å². The molecule has 0 bridgehead atoms. The maximum absolute atomic E-state index is 13.3. The Hall–Kier alpha value is -2.18. The van der Waals surface area contributed by atoms with Crippen LogP contribution in [0.3, 0.4) is 0 Å². The van der Waals surface area contributed by atoms with E-state index in [-0.39, 0.29) is 0 Å². The summed E-state index contributed by atoms with van der Waals surface area (Å²) in [4.78, 5) is 40.0. The zero-order valence-electron chi connectivity index (χ0n) is 27.0. The second kappa shape index (κ2) is 10.0. The predicted octanol–water partition coefficient (Wildman–Crippen LogP) is 7.29. The fourth-order valence-electron chi connectivity index (χ4n) is 5.20. The first-order valence-corrected chi connectivity index (χ1v) is 15.8. The van der Waals surface area contributed by atoms with Gasteiger partial charge in [-0.15, -0.1) is 0 Å². The topological polar surface area (TPSA) is 66.8 Å². The monoisotopic (exact) mass is 554 g/mol. The first-order chi connectivity index (χ1) is 17.2. The third-order valence-electron chi connectivity index (χ3n) is 7.03. The van der Waals surface area contributed by atoms with Gasteiger partial charge in [-0.3, -0.25) is 0 Å². The molecule has 0 fully saturated rings. The molecule has 0 aromatic heterocycles. The van der Waals surface area contributed by atoms with Gasteiger partial charge in [-0.2, -0.15) is 0 Å². The Labute approximate surface area is 237 Å². The summed E-state index contributed by atoms with van der Waals surface area (Å²) in [7, 11) is -5.75. The van der Waals surface area contributed by atoms with Crippen molar-refractivity contribution in [1.82, 2.24) is 0 Å². The van der Waals surface area contributed by atoms with Crippen LogP contribution in [0.25, 0.3) is 0 Å². The average molecular weight is 555 g/mol. The quantitative estimate of drug-likeness (QED) is 0.309. The maximum atomic E-state index is 13.3. The molecule has 0 atom stereocenters. The van der Waals surface area contributed by atoms with E-state index in [4.69, 9.17) is 4.52 Å². The fraction of sp³-hybridized carbons (Fsp3) is 0.559. The van der Waals surface area contributed by atoms with E-state index in [1.807, 2.05) is 121 Å². The van der Waals surface area contributed by atoms with E-state index >= 15 is 0 Å². The van der Waals surface area contributed by atoms with Gasteiger partial charge in [-0.25, -0.2) is 0 Å². The van der Waals surface area contributed by atoms with E-state index in [9.17, 15) is 14.6 Å². The summed E-state index contributed by atoms with van der Waals surface area (Å²) in [5.74, 6) is 4.05. The minimum atomic E-state index is -5.75. The minimum absolute atomic E-state index is 0.303. The average Bonchev–Trinajstić information content (AvgIpc) is 2.69. The Morgan fingerprint density at radius 1 is 0.641 bits per heavy atom. The summed E-state index contributed by atoms with van der Waals surface area (Å²) in [5, 5.41) is 0.607. The molecule has 4 nitrogen and oxygen atoms in total. The molecule has 0 saturated heterocycles. The molecule has 216 valence electrons. The van der Waals surface area contributed by atoms with Crippen LogP contribution in [-0.4, -0.2) is 15.8 Å². The molecular formula is C34H51O4P. The van der Waals surface area contributed by atoms with Crippen molar-refractivity contribution in [1.29, 1.82) is 0 Å². The van der Waals surface area contributed by atoms with Crippen molar-refractivity contribution in [2.45, 2.75) is 126 Å². The molecule has 2 aromatic carbocycles. The van der Waals surface area contributed by atoms with Crippen molar-refractivity contribution < 1.29 is 19.1 Å². The van der Waals surface area contributed by atoms with Gasteiger partial charge >= 0.3 is 238 Å². The normalized spacial score (nSPS) is 14.2. The van der Waals surface area contributed by atoms with E-state index in [2.05, 4.69) is 11.8 Å². The number of carbonyl (C=O) groups is 1. The zero-order chi connectivity index (χ0) is 30.6. The second-order valence-corrected chi connectivity index (χ2v) is 18.1. The van der Waals surface area contributed by atoms with Crippen molar-refractivity contribution in [3.05, 3.63) is 57.6 Å². The van der Waals surface area contributed by atoms with Crippen LogP contribution in [0, 0.1) is 25.7 Å². The Morgan fingerprint density at radius 3 is 1.10 bits per heavy atom. The first-order valence-electron chi connectivity index (χ1n) is 13.7. The van der Waals surface area contributed by atoms with Crippen LogP contribution in [0.2, 0.25) is 0 Å².